The summed E-state index contributed by atoms with van der Waals surface area (Å²) in [5.41, 5.74) is 3.11. The summed E-state index contributed by atoms with van der Waals surface area (Å²) in [6, 6.07) is 0. The molecule has 1 aliphatic heterocycles. The first-order valence-corrected chi connectivity index (χ1v) is 7.72. The van der Waals surface area contributed by atoms with E-state index < -0.39 is 6.10 Å². The summed E-state index contributed by atoms with van der Waals surface area (Å²) >= 11 is 0. The SMILES string of the molecule is CC(C)=NOC(C)C(=O)N1CCc2c(cnn2C(C)(C)C)C1. The van der Waals surface area contributed by atoms with E-state index in [1.54, 1.807) is 6.92 Å². The minimum absolute atomic E-state index is 0.0286. The van der Waals surface area contributed by atoms with E-state index in [1.807, 2.05) is 24.9 Å². The van der Waals surface area contributed by atoms with Crippen molar-refractivity contribution in [3.63, 3.8) is 0 Å². The van der Waals surface area contributed by atoms with Crippen LogP contribution in [-0.4, -0.2) is 38.9 Å². The molecule has 0 bridgehead atoms. The number of fused-ring (bicyclic) bond motifs is 1. The highest BCUT2D eigenvalue weighted by molar-refractivity contribution is 5.81. The second-order valence-corrected chi connectivity index (χ2v) is 7.00. The predicted molar refractivity (Wildman–Crippen MR) is 85.7 cm³/mol. The lowest BCUT2D eigenvalue weighted by molar-refractivity contribution is -0.143. The van der Waals surface area contributed by atoms with Crippen LogP contribution in [0, 0.1) is 0 Å². The molecule has 2 heterocycles. The number of hydrogen-bond donors (Lipinski definition) is 0. The quantitative estimate of drug-likeness (QED) is 0.636. The molecular weight excluding hydrogens is 280 g/mol. The Labute approximate surface area is 132 Å². The lowest BCUT2D eigenvalue weighted by atomic mass is 10.0. The first-order chi connectivity index (χ1) is 10.2. The number of carbonyl (C=O) groups excluding carboxylic acids is 1. The monoisotopic (exact) mass is 306 g/mol. The fourth-order valence-corrected chi connectivity index (χ4v) is 2.58. The lowest BCUT2D eigenvalue weighted by Gasteiger charge is -2.31. The van der Waals surface area contributed by atoms with Crippen molar-refractivity contribution in [1.29, 1.82) is 0 Å². The van der Waals surface area contributed by atoms with Crippen molar-refractivity contribution < 1.29 is 9.63 Å². The zero-order valence-electron chi connectivity index (χ0n) is 14.4. The van der Waals surface area contributed by atoms with Gasteiger partial charge in [0.05, 0.1) is 17.4 Å². The molecule has 1 aromatic rings. The molecule has 1 aromatic heterocycles. The van der Waals surface area contributed by atoms with E-state index in [9.17, 15) is 4.79 Å². The van der Waals surface area contributed by atoms with Gasteiger partial charge in [0.1, 0.15) is 0 Å². The molecule has 0 fully saturated rings. The summed E-state index contributed by atoms with van der Waals surface area (Å²) in [7, 11) is 0. The van der Waals surface area contributed by atoms with Gasteiger partial charge in [-0.3, -0.25) is 9.48 Å². The van der Waals surface area contributed by atoms with Crippen LogP contribution in [-0.2, 0) is 28.1 Å². The van der Waals surface area contributed by atoms with E-state index in [0.29, 0.717) is 13.1 Å². The van der Waals surface area contributed by atoms with Gasteiger partial charge in [-0.2, -0.15) is 5.10 Å². The molecular formula is C16H26N4O2. The molecule has 1 aliphatic rings. The van der Waals surface area contributed by atoms with Gasteiger partial charge in [0.2, 0.25) is 6.10 Å². The Hall–Kier alpha value is -1.85. The summed E-state index contributed by atoms with van der Waals surface area (Å²) in [5.74, 6) is -0.0286. The van der Waals surface area contributed by atoms with Crippen LogP contribution in [0.25, 0.3) is 0 Å². The smallest absolute Gasteiger partial charge is 0.266 e. The zero-order chi connectivity index (χ0) is 16.5. The van der Waals surface area contributed by atoms with Crippen LogP contribution in [0.5, 0.6) is 0 Å². The van der Waals surface area contributed by atoms with Crippen molar-refractivity contribution in [2.24, 2.45) is 5.16 Å². The van der Waals surface area contributed by atoms with Gasteiger partial charge >= 0.3 is 0 Å². The molecule has 1 unspecified atom stereocenters. The molecule has 0 spiro atoms. The predicted octanol–water partition coefficient (Wildman–Crippen LogP) is 2.32. The topological polar surface area (TPSA) is 59.7 Å². The van der Waals surface area contributed by atoms with Crippen molar-refractivity contribution in [2.45, 2.75) is 66.2 Å². The van der Waals surface area contributed by atoms with E-state index in [-0.39, 0.29) is 11.4 Å². The highest BCUT2D eigenvalue weighted by Gasteiger charge is 2.30. The maximum absolute atomic E-state index is 12.4. The van der Waals surface area contributed by atoms with Gasteiger partial charge in [-0.25, -0.2) is 0 Å². The first kappa shape index (κ1) is 16.5. The third-order valence-electron chi connectivity index (χ3n) is 3.62. The maximum Gasteiger partial charge on any atom is 0.266 e. The second kappa shape index (κ2) is 6.10. The minimum atomic E-state index is -0.561. The van der Waals surface area contributed by atoms with Gasteiger partial charge in [-0.05, 0) is 41.5 Å². The summed E-state index contributed by atoms with van der Waals surface area (Å²) in [6.45, 7) is 13.1. The molecule has 0 saturated carbocycles. The van der Waals surface area contributed by atoms with Crippen molar-refractivity contribution in [1.82, 2.24) is 14.7 Å². The van der Waals surface area contributed by atoms with E-state index >= 15 is 0 Å². The molecule has 0 aliphatic carbocycles. The standard InChI is InChI=1S/C16H26N4O2/c1-11(2)18-22-12(3)15(21)19-8-7-14-13(10-19)9-17-20(14)16(4,5)6/h9,12H,7-8,10H2,1-6H3. The van der Waals surface area contributed by atoms with E-state index in [0.717, 1.165) is 17.7 Å². The number of rotatable bonds is 3. The Balaban J connectivity index is 2.08. The Bertz CT molecular complexity index is 579. The molecule has 2 rings (SSSR count). The number of nitrogens with zero attached hydrogens (tertiary/aromatic N) is 4. The van der Waals surface area contributed by atoms with Crippen LogP contribution in [0.4, 0.5) is 0 Å². The normalized spacial score (nSPS) is 16.0. The van der Waals surface area contributed by atoms with Crippen LogP contribution in [0.2, 0.25) is 0 Å². The number of oxime groups is 1. The second-order valence-electron chi connectivity index (χ2n) is 7.00. The van der Waals surface area contributed by atoms with E-state index in [2.05, 4.69) is 35.7 Å². The summed E-state index contributed by atoms with van der Waals surface area (Å²) in [5, 5.41) is 8.37. The van der Waals surface area contributed by atoms with Gasteiger partial charge in [0, 0.05) is 30.8 Å². The van der Waals surface area contributed by atoms with Crippen LogP contribution >= 0.6 is 0 Å². The van der Waals surface area contributed by atoms with Gasteiger partial charge < -0.3 is 9.74 Å². The van der Waals surface area contributed by atoms with Gasteiger partial charge in [-0.1, -0.05) is 5.16 Å². The van der Waals surface area contributed by atoms with Crippen molar-refractivity contribution >= 4 is 11.6 Å². The summed E-state index contributed by atoms with van der Waals surface area (Å²) in [4.78, 5) is 19.5. The lowest BCUT2D eigenvalue weighted by Crippen LogP contribution is -2.42. The molecule has 122 valence electrons. The highest BCUT2D eigenvalue weighted by atomic mass is 16.6. The summed E-state index contributed by atoms with van der Waals surface area (Å²) in [6.07, 6.45) is 2.13. The van der Waals surface area contributed by atoms with Gasteiger partial charge in [0.15, 0.2) is 0 Å². The Kier molecular flexibility index (Phi) is 4.58. The molecule has 1 amide bonds. The fourth-order valence-electron chi connectivity index (χ4n) is 2.58. The Morgan fingerprint density at radius 3 is 2.68 bits per heavy atom. The molecule has 6 nitrogen and oxygen atoms in total. The van der Waals surface area contributed by atoms with Crippen molar-refractivity contribution in [3.8, 4) is 0 Å². The fraction of sp³-hybridized carbons (Fsp3) is 0.688. The number of carbonyl (C=O) groups is 1. The third-order valence-corrected chi connectivity index (χ3v) is 3.62. The molecule has 0 aromatic carbocycles. The van der Waals surface area contributed by atoms with Crippen LogP contribution in [0.1, 0.15) is 52.8 Å². The number of amides is 1. The molecule has 0 N–H and O–H groups in total. The third kappa shape index (κ3) is 3.48. The molecule has 0 saturated heterocycles. The molecule has 22 heavy (non-hydrogen) atoms. The average Bonchev–Trinajstić information content (AvgIpc) is 2.86. The number of hydrogen-bond acceptors (Lipinski definition) is 4. The zero-order valence-corrected chi connectivity index (χ0v) is 14.4. The minimum Gasteiger partial charge on any atom is -0.383 e. The number of aromatic nitrogens is 2. The van der Waals surface area contributed by atoms with Crippen molar-refractivity contribution in [2.75, 3.05) is 6.54 Å². The van der Waals surface area contributed by atoms with Gasteiger partial charge in [-0.15, -0.1) is 0 Å². The summed E-state index contributed by atoms with van der Waals surface area (Å²) < 4.78 is 2.06. The Morgan fingerprint density at radius 2 is 2.09 bits per heavy atom. The molecule has 6 heteroatoms. The molecule has 0 radical (unpaired) electrons. The van der Waals surface area contributed by atoms with Crippen LogP contribution in [0.3, 0.4) is 0 Å². The maximum atomic E-state index is 12.4. The van der Waals surface area contributed by atoms with E-state index in [4.69, 9.17) is 4.84 Å². The average molecular weight is 306 g/mol. The van der Waals surface area contributed by atoms with Crippen LogP contribution < -0.4 is 0 Å². The Morgan fingerprint density at radius 1 is 1.41 bits per heavy atom. The largest absolute Gasteiger partial charge is 0.383 e. The first-order valence-electron chi connectivity index (χ1n) is 7.72. The highest BCUT2D eigenvalue weighted by Crippen LogP contribution is 2.24. The molecule has 1 atom stereocenters. The van der Waals surface area contributed by atoms with E-state index in [1.165, 1.54) is 5.69 Å². The van der Waals surface area contributed by atoms with Crippen LogP contribution in [0.15, 0.2) is 11.4 Å². The van der Waals surface area contributed by atoms with Crippen molar-refractivity contribution in [3.05, 3.63) is 17.5 Å². The van der Waals surface area contributed by atoms with Gasteiger partial charge in [0.25, 0.3) is 5.91 Å².